The van der Waals surface area contributed by atoms with E-state index in [0.29, 0.717) is 13.2 Å². The molecule has 1 aromatic rings. The van der Waals surface area contributed by atoms with Crippen LogP contribution in [0, 0.1) is 11.3 Å². The number of halogens is 3. The molecule has 0 atom stereocenters. The van der Waals surface area contributed by atoms with Crippen LogP contribution in [-0.4, -0.2) is 24.3 Å². The van der Waals surface area contributed by atoms with Crippen LogP contribution < -0.4 is 4.74 Å². The monoisotopic (exact) mass is 244 g/mol. The first-order chi connectivity index (χ1) is 8.00. The number of hydrogen-bond donors (Lipinski definition) is 0. The minimum Gasteiger partial charge on any atom is -0.468 e. The van der Waals surface area contributed by atoms with Crippen LogP contribution in [0.4, 0.5) is 13.2 Å². The Hall–Kier alpha value is -1.81. The van der Waals surface area contributed by atoms with Gasteiger partial charge in [-0.3, -0.25) is 0 Å². The summed E-state index contributed by atoms with van der Waals surface area (Å²) in [6.07, 6.45) is -4.89. The van der Waals surface area contributed by atoms with E-state index in [0.717, 1.165) is 12.1 Å². The maximum atomic E-state index is 12.4. The second kappa shape index (κ2) is 4.22. The Balaban J connectivity index is 2.29. The third-order valence-corrected chi connectivity index (χ3v) is 2.16. The first-order valence-corrected chi connectivity index (χ1v) is 4.73. The van der Waals surface area contributed by atoms with Crippen LogP contribution in [0.2, 0.25) is 0 Å². The smallest absolute Gasteiger partial charge is 0.433 e. The average Bonchev–Trinajstić information content (AvgIpc) is 2.22. The maximum Gasteiger partial charge on any atom is 0.433 e. The molecule has 0 spiro atoms. The van der Waals surface area contributed by atoms with Gasteiger partial charge in [0.25, 0.3) is 0 Å². The van der Waals surface area contributed by atoms with Crippen LogP contribution in [0.15, 0.2) is 12.1 Å². The zero-order valence-corrected chi connectivity index (χ0v) is 8.49. The molecule has 0 radical (unpaired) electrons. The highest BCUT2D eigenvalue weighted by molar-refractivity contribution is 5.39. The van der Waals surface area contributed by atoms with Crippen LogP contribution in [-0.2, 0) is 10.9 Å². The Morgan fingerprint density at radius 1 is 1.41 bits per heavy atom. The summed E-state index contributed by atoms with van der Waals surface area (Å²) < 4.78 is 47.2. The molecule has 0 saturated carbocycles. The van der Waals surface area contributed by atoms with Crippen molar-refractivity contribution in [2.24, 2.45) is 0 Å². The van der Waals surface area contributed by atoms with Crippen molar-refractivity contribution in [2.45, 2.75) is 12.3 Å². The van der Waals surface area contributed by atoms with Crippen molar-refractivity contribution in [2.75, 3.05) is 13.2 Å². The molecule has 0 N–H and O–H groups in total. The maximum absolute atomic E-state index is 12.4. The molecule has 1 aliphatic heterocycles. The van der Waals surface area contributed by atoms with E-state index in [4.69, 9.17) is 14.7 Å². The summed E-state index contributed by atoms with van der Waals surface area (Å²) in [6, 6.07) is 3.53. The number of aromatic nitrogens is 1. The molecular weight excluding hydrogens is 237 g/mol. The van der Waals surface area contributed by atoms with E-state index in [1.807, 2.05) is 0 Å². The first kappa shape index (κ1) is 11.7. The molecule has 0 amide bonds. The van der Waals surface area contributed by atoms with Gasteiger partial charge in [-0.2, -0.15) is 18.4 Å². The Morgan fingerprint density at radius 2 is 2.12 bits per heavy atom. The normalized spacial score (nSPS) is 16.1. The van der Waals surface area contributed by atoms with Crippen molar-refractivity contribution in [3.8, 4) is 11.9 Å². The van der Waals surface area contributed by atoms with Gasteiger partial charge in [0.1, 0.15) is 23.4 Å². The lowest BCUT2D eigenvalue weighted by Gasteiger charge is -2.26. The predicted molar refractivity (Wildman–Crippen MR) is 49.2 cm³/mol. The molecule has 17 heavy (non-hydrogen) atoms. The van der Waals surface area contributed by atoms with Crippen molar-refractivity contribution >= 4 is 0 Å². The van der Waals surface area contributed by atoms with Crippen LogP contribution in [0.1, 0.15) is 11.3 Å². The molecule has 0 unspecified atom stereocenters. The highest BCUT2D eigenvalue weighted by Gasteiger charge is 2.34. The standard InChI is InChI=1S/C10H7F3N2O2/c11-10(12,13)8-2-1-6(3-14)9(15-8)17-7-4-16-5-7/h1-2,7H,4-5H2. The van der Waals surface area contributed by atoms with Crippen LogP contribution >= 0.6 is 0 Å². The molecule has 0 bridgehead atoms. The fraction of sp³-hybridized carbons (Fsp3) is 0.400. The SMILES string of the molecule is N#Cc1ccc(C(F)(F)F)nc1OC1COC1. The number of pyridine rings is 1. The van der Waals surface area contributed by atoms with E-state index < -0.39 is 11.9 Å². The van der Waals surface area contributed by atoms with E-state index in [1.54, 1.807) is 6.07 Å². The zero-order chi connectivity index (χ0) is 12.5. The lowest BCUT2D eigenvalue weighted by Crippen LogP contribution is -2.39. The largest absolute Gasteiger partial charge is 0.468 e. The molecule has 1 aliphatic rings. The molecule has 7 heteroatoms. The Morgan fingerprint density at radius 3 is 2.59 bits per heavy atom. The van der Waals surface area contributed by atoms with Gasteiger partial charge in [0.2, 0.25) is 5.88 Å². The summed E-state index contributed by atoms with van der Waals surface area (Å²) in [5.41, 5.74) is -1.10. The second-order valence-electron chi connectivity index (χ2n) is 3.44. The van der Waals surface area contributed by atoms with Crippen molar-refractivity contribution in [1.82, 2.24) is 4.98 Å². The average molecular weight is 244 g/mol. The van der Waals surface area contributed by atoms with Gasteiger partial charge in [0.15, 0.2) is 0 Å². The Kier molecular flexibility index (Phi) is 2.90. The third-order valence-electron chi connectivity index (χ3n) is 2.16. The van der Waals surface area contributed by atoms with Gasteiger partial charge in [0, 0.05) is 0 Å². The van der Waals surface area contributed by atoms with Gasteiger partial charge in [-0.25, -0.2) is 4.98 Å². The van der Waals surface area contributed by atoms with E-state index in [9.17, 15) is 13.2 Å². The number of alkyl halides is 3. The van der Waals surface area contributed by atoms with Crippen molar-refractivity contribution < 1.29 is 22.6 Å². The summed E-state index contributed by atoms with van der Waals surface area (Å²) in [4.78, 5) is 3.31. The number of rotatable bonds is 2. The fourth-order valence-electron chi connectivity index (χ4n) is 1.21. The fourth-order valence-corrected chi connectivity index (χ4v) is 1.21. The van der Waals surface area contributed by atoms with Crippen LogP contribution in [0.5, 0.6) is 5.88 Å². The number of nitriles is 1. The number of nitrogens with zero attached hydrogens (tertiary/aromatic N) is 2. The molecule has 0 aliphatic carbocycles. The lowest BCUT2D eigenvalue weighted by atomic mass is 10.2. The number of ether oxygens (including phenoxy) is 2. The van der Waals surface area contributed by atoms with Gasteiger partial charge in [-0.1, -0.05) is 0 Å². The summed E-state index contributed by atoms with van der Waals surface area (Å²) in [5, 5.41) is 8.73. The minimum absolute atomic E-state index is 0.0232. The topological polar surface area (TPSA) is 55.1 Å². The van der Waals surface area contributed by atoms with Crippen LogP contribution in [0.3, 0.4) is 0 Å². The molecule has 1 fully saturated rings. The molecular formula is C10H7F3N2O2. The van der Waals surface area contributed by atoms with E-state index in [-0.39, 0.29) is 17.5 Å². The summed E-state index contributed by atoms with van der Waals surface area (Å²) in [7, 11) is 0. The van der Waals surface area contributed by atoms with E-state index in [1.165, 1.54) is 0 Å². The van der Waals surface area contributed by atoms with Crippen LogP contribution in [0.25, 0.3) is 0 Å². The zero-order valence-electron chi connectivity index (χ0n) is 8.49. The van der Waals surface area contributed by atoms with Crippen molar-refractivity contribution in [3.05, 3.63) is 23.4 Å². The molecule has 4 nitrogen and oxygen atoms in total. The summed E-state index contributed by atoms with van der Waals surface area (Å²) in [5.74, 6) is -0.296. The Bertz CT molecular complexity index is 464. The van der Waals surface area contributed by atoms with E-state index >= 15 is 0 Å². The second-order valence-corrected chi connectivity index (χ2v) is 3.44. The Labute approximate surface area is 94.6 Å². The van der Waals surface area contributed by atoms with Crippen molar-refractivity contribution in [3.63, 3.8) is 0 Å². The molecule has 1 saturated heterocycles. The summed E-state index contributed by atoms with van der Waals surface area (Å²) in [6.45, 7) is 0.589. The highest BCUT2D eigenvalue weighted by Crippen LogP contribution is 2.30. The van der Waals surface area contributed by atoms with Gasteiger partial charge in [-0.15, -0.1) is 0 Å². The third kappa shape index (κ3) is 2.47. The molecule has 2 rings (SSSR count). The van der Waals surface area contributed by atoms with Gasteiger partial charge in [-0.05, 0) is 12.1 Å². The number of hydrogen-bond acceptors (Lipinski definition) is 4. The van der Waals surface area contributed by atoms with E-state index in [2.05, 4.69) is 4.98 Å². The molecule has 90 valence electrons. The highest BCUT2D eigenvalue weighted by atomic mass is 19.4. The summed E-state index contributed by atoms with van der Waals surface area (Å²) >= 11 is 0. The molecule has 2 heterocycles. The molecule has 1 aromatic heterocycles. The van der Waals surface area contributed by atoms with Gasteiger partial charge in [0.05, 0.1) is 13.2 Å². The van der Waals surface area contributed by atoms with Gasteiger partial charge >= 0.3 is 6.18 Å². The van der Waals surface area contributed by atoms with Crippen molar-refractivity contribution in [1.29, 1.82) is 5.26 Å². The molecule has 0 aromatic carbocycles. The first-order valence-electron chi connectivity index (χ1n) is 4.73. The minimum atomic E-state index is -4.55. The lowest BCUT2D eigenvalue weighted by molar-refractivity contribution is -0.142. The van der Waals surface area contributed by atoms with Gasteiger partial charge < -0.3 is 9.47 Å². The quantitative estimate of drug-likeness (QED) is 0.795. The predicted octanol–water partition coefficient (Wildman–Crippen LogP) is 1.75.